The summed E-state index contributed by atoms with van der Waals surface area (Å²) in [5, 5.41) is 19.6. The van der Waals surface area contributed by atoms with Crippen molar-refractivity contribution in [2.24, 2.45) is 5.73 Å². The van der Waals surface area contributed by atoms with Gasteiger partial charge >= 0.3 is 0 Å². The number of carbonyl (C=O) groups is 1. The zero-order chi connectivity index (χ0) is 17.1. The monoisotopic (exact) mass is 439 g/mol. The molecule has 1 amide bonds. The Morgan fingerprint density at radius 2 is 1.96 bits per heavy atom. The van der Waals surface area contributed by atoms with Crippen molar-refractivity contribution < 1.29 is 14.1 Å². The van der Waals surface area contributed by atoms with E-state index in [-0.39, 0.29) is 17.0 Å². The Bertz CT molecular complexity index is 857. The van der Waals surface area contributed by atoms with Crippen molar-refractivity contribution >= 4 is 49.5 Å². The molecular weight excluding hydrogens is 434 g/mol. The van der Waals surface area contributed by atoms with Crippen molar-refractivity contribution in [1.29, 1.82) is 5.26 Å². The van der Waals surface area contributed by atoms with Crippen LogP contribution in [0.15, 0.2) is 43.2 Å². The number of non-ortho nitro benzene ring substituents is 1. The highest BCUT2D eigenvalue weighted by molar-refractivity contribution is 9.11. The first-order valence-corrected chi connectivity index (χ1v) is 7.57. The van der Waals surface area contributed by atoms with Crippen LogP contribution in [-0.2, 0) is 4.79 Å². The van der Waals surface area contributed by atoms with Crippen LogP contribution in [0.2, 0.25) is 0 Å². The van der Waals surface area contributed by atoms with Crippen LogP contribution >= 0.6 is 31.9 Å². The average Bonchev–Trinajstić information content (AvgIpc) is 2.91. The van der Waals surface area contributed by atoms with E-state index in [1.807, 2.05) is 0 Å². The van der Waals surface area contributed by atoms with Gasteiger partial charge in [-0.2, -0.15) is 5.26 Å². The maximum absolute atomic E-state index is 11.0. The molecule has 0 bridgehead atoms. The number of primary amides is 1. The number of hydrogen-bond acceptors (Lipinski definition) is 5. The quantitative estimate of drug-likeness (QED) is 0.335. The lowest BCUT2D eigenvalue weighted by atomic mass is 10.1. The maximum atomic E-state index is 11.0. The second-order valence-electron chi connectivity index (χ2n) is 4.28. The molecule has 9 heteroatoms. The van der Waals surface area contributed by atoms with Crippen molar-refractivity contribution in [3.8, 4) is 17.4 Å². The van der Waals surface area contributed by atoms with E-state index in [4.69, 9.17) is 15.4 Å². The molecule has 0 spiro atoms. The molecule has 0 aliphatic carbocycles. The van der Waals surface area contributed by atoms with Gasteiger partial charge in [-0.1, -0.05) is 0 Å². The van der Waals surface area contributed by atoms with Gasteiger partial charge in [-0.05, 0) is 44.0 Å². The van der Waals surface area contributed by atoms with E-state index in [1.54, 1.807) is 18.2 Å². The Labute approximate surface area is 146 Å². The molecule has 1 heterocycles. The van der Waals surface area contributed by atoms with Gasteiger partial charge in [-0.15, -0.1) is 0 Å². The summed E-state index contributed by atoms with van der Waals surface area (Å²) >= 11 is 6.53. The Hall–Kier alpha value is -2.44. The number of hydrogen-bond donors (Lipinski definition) is 1. The number of nitriles is 1. The zero-order valence-corrected chi connectivity index (χ0v) is 14.4. The number of halogens is 2. The third-order valence-electron chi connectivity index (χ3n) is 2.78. The van der Waals surface area contributed by atoms with Gasteiger partial charge in [0.05, 0.1) is 4.92 Å². The molecule has 2 N–H and O–H groups in total. The van der Waals surface area contributed by atoms with Crippen molar-refractivity contribution in [1.82, 2.24) is 0 Å². The summed E-state index contributed by atoms with van der Waals surface area (Å²) in [5.74, 6) is -0.206. The molecule has 0 radical (unpaired) electrons. The van der Waals surface area contributed by atoms with Gasteiger partial charge in [0.15, 0.2) is 0 Å². The zero-order valence-electron chi connectivity index (χ0n) is 11.2. The highest BCUT2D eigenvalue weighted by atomic mass is 79.9. The van der Waals surface area contributed by atoms with Gasteiger partial charge in [-0.25, -0.2) is 0 Å². The number of nitro benzene ring substituents is 1. The fourth-order valence-corrected chi connectivity index (χ4v) is 3.32. The number of rotatable bonds is 4. The lowest BCUT2D eigenvalue weighted by molar-refractivity contribution is -0.385. The van der Waals surface area contributed by atoms with Crippen LogP contribution < -0.4 is 5.73 Å². The molecule has 1 aromatic heterocycles. The minimum atomic E-state index is -0.858. The fraction of sp³-hybridized carbons (Fsp3) is 0. The first kappa shape index (κ1) is 16.9. The largest absolute Gasteiger partial charge is 0.457 e. The molecule has 1 aromatic carbocycles. The third-order valence-corrected chi connectivity index (χ3v) is 4.03. The number of nitrogens with zero attached hydrogens (tertiary/aromatic N) is 2. The van der Waals surface area contributed by atoms with E-state index in [1.165, 1.54) is 18.2 Å². The number of nitro groups is 1. The fourth-order valence-electron chi connectivity index (χ4n) is 1.77. The summed E-state index contributed by atoms with van der Waals surface area (Å²) in [4.78, 5) is 21.4. The van der Waals surface area contributed by atoms with E-state index >= 15 is 0 Å². The highest BCUT2D eigenvalue weighted by Gasteiger charge is 2.18. The van der Waals surface area contributed by atoms with Crippen LogP contribution in [0.3, 0.4) is 0 Å². The van der Waals surface area contributed by atoms with Crippen LogP contribution in [0.25, 0.3) is 17.4 Å². The van der Waals surface area contributed by atoms with Crippen LogP contribution in [-0.4, -0.2) is 10.8 Å². The maximum Gasteiger partial charge on any atom is 0.271 e. The second-order valence-corrected chi connectivity index (χ2v) is 5.99. The smallest absolute Gasteiger partial charge is 0.271 e. The average molecular weight is 441 g/mol. The van der Waals surface area contributed by atoms with Gasteiger partial charge in [0.1, 0.15) is 23.2 Å². The molecular formula is C14H7Br2N3O4. The van der Waals surface area contributed by atoms with Crippen molar-refractivity contribution in [3.63, 3.8) is 0 Å². The molecule has 0 fully saturated rings. The SMILES string of the molecule is N#C/C(=C\c1ccc(-c2c(Br)cc([N+](=O)[O-])cc2Br)o1)C(N)=O. The van der Waals surface area contributed by atoms with E-state index in [0.717, 1.165) is 0 Å². The van der Waals surface area contributed by atoms with Crippen molar-refractivity contribution in [2.75, 3.05) is 0 Å². The molecule has 2 aromatic rings. The van der Waals surface area contributed by atoms with Gasteiger partial charge < -0.3 is 10.2 Å². The molecule has 0 unspecified atom stereocenters. The van der Waals surface area contributed by atoms with Gasteiger partial charge in [0.25, 0.3) is 11.6 Å². The second kappa shape index (κ2) is 6.76. The summed E-state index contributed by atoms with van der Waals surface area (Å²) in [6, 6.07) is 7.53. The van der Waals surface area contributed by atoms with Crippen LogP contribution in [0.4, 0.5) is 5.69 Å². The lowest BCUT2D eigenvalue weighted by Gasteiger charge is -2.04. The molecule has 0 saturated heterocycles. The van der Waals surface area contributed by atoms with E-state index in [2.05, 4.69) is 31.9 Å². The Balaban J connectivity index is 2.48. The molecule has 0 saturated carbocycles. The third kappa shape index (κ3) is 3.67. The number of benzene rings is 1. The predicted molar refractivity (Wildman–Crippen MR) is 89.0 cm³/mol. The molecule has 0 atom stereocenters. The van der Waals surface area contributed by atoms with E-state index < -0.39 is 10.8 Å². The summed E-state index contributed by atoms with van der Waals surface area (Å²) in [6.07, 6.45) is 1.22. The number of furan rings is 1. The van der Waals surface area contributed by atoms with Crippen LogP contribution in [0.5, 0.6) is 0 Å². The molecule has 2 rings (SSSR count). The van der Waals surface area contributed by atoms with E-state index in [0.29, 0.717) is 20.3 Å². The molecule has 0 aliphatic heterocycles. The van der Waals surface area contributed by atoms with Crippen LogP contribution in [0, 0.1) is 21.4 Å². The molecule has 0 aliphatic rings. The standard InChI is InChI=1S/C14H7Br2N3O4/c15-10-4-8(19(21)22)5-11(16)13(10)12-2-1-9(23-12)3-7(6-17)14(18)20/h1-5H,(H2,18,20)/b7-3+. The van der Waals surface area contributed by atoms with Crippen LogP contribution in [0.1, 0.15) is 5.76 Å². The van der Waals surface area contributed by atoms with Gasteiger partial charge in [0, 0.05) is 32.7 Å². The predicted octanol–water partition coefficient (Wildman–Crippen LogP) is 3.77. The summed E-state index contributed by atoms with van der Waals surface area (Å²) in [5.41, 5.74) is 5.29. The first-order valence-electron chi connectivity index (χ1n) is 5.98. The summed E-state index contributed by atoms with van der Waals surface area (Å²) < 4.78 is 6.46. The lowest BCUT2D eigenvalue weighted by Crippen LogP contribution is -2.12. The number of carbonyl (C=O) groups excluding carboxylic acids is 1. The van der Waals surface area contributed by atoms with Crippen molar-refractivity contribution in [2.45, 2.75) is 0 Å². The number of nitrogens with two attached hydrogens (primary N) is 1. The summed E-state index contributed by atoms with van der Waals surface area (Å²) in [6.45, 7) is 0. The molecule has 23 heavy (non-hydrogen) atoms. The van der Waals surface area contributed by atoms with Gasteiger partial charge in [-0.3, -0.25) is 14.9 Å². The van der Waals surface area contributed by atoms with Crippen molar-refractivity contribution in [3.05, 3.63) is 54.7 Å². The Morgan fingerprint density at radius 3 is 2.43 bits per heavy atom. The van der Waals surface area contributed by atoms with Gasteiger partial charge in [0.2, 0.25) is 0 Å². The molecule has 7 nitrogen and oxygen atoms in total. The normalized spacial score (nSPS) is 11.1. The minimum Gasteiger partial charge on any atom is -0.457 e. The Morgan fingerprint density at radius 1 is 1.35 bits per heavy atom. The molecule has 116 valence electrons. The van der Waals surface area contributed by atoms with E-state index in [9.17, 15) is 14.9 Å². The minimum absolute atomic E-state index is 0.0836. The first-order chi connectivity index (χ1) is 10.8. The summed E-state index contributed by atoms with van der Waals surface area (Å²) in [7, 11) is 0. The highest BCUT2D eigenvalue weighted by Crippen LogP contribution is 2.39. The topological polar surface area (TPSA) is 123 Å². The Kier molecular flexibility index (Phi) is 4.98. The number of amides is 1.